The predicted octanol–water partition coefficient (Wildman–Crippen LogP) is 1.94. The summed E-state index contributed by atoms with van der Waals surface area (Å²) in [5.74, 6) is -1.35. The van der Waals surface area contributed by atoms with Crippen LogP contribution in [0.3, 0.4) is 0 Å². The van der Waals surface area contributed by atoms with E-state index in [1.54, 1.807) is 0 Å². The number of carbonyl (C=O) groups excluding carboxylic acids is 3. The van der Waals surface area contributed by atoms with Crippen LogP contribution in [0.1, 0.15) is 25.7 Å². The van der Waals surface area contributed by atoms with Gasteiger partial charge in [-0.05, 0) is 37.3 Å². The molecule has 5 nitrogen and oxygen atoms in total. The second-order valence-corrected chi connectivity index (χ2v) is 5.08. The summed E-state index contributed by atoms with van der Waals surface area (Å²) in [5, 5.41) is 1.48. The third-order valence-corrected chi connectivity index (χ3v) is 3.76. The maximum Gasteiger partial charge on any atom is 0.327 e. The molecule has 0 spiro atoms. The Morgan fingerprint density at radius 1 is 1.11 bits per heavy atom. The molecule has 1 aliphatic carbocycles. The number of halogens is 3. The van der Waals surface area contributed by atoms with Gasteiger partial charge in [0.05, 0.1) is 5.92 Å². The largest absolute Gasteiger partial charge is 0.347 e. The van der Waals surface area contributed by atoms with Gasteiger partial charge in [-0.25, -0.2) is 0 Å². The molecule has 0 aliphatic heterocycles. The lowest BCUT2D eigenvalue weighted by Crippen LogP contribution is -2.40. The average Bonchev–Trinajstić information content (AvgIpc) is 2.37. The number of hydrogen-bond donors (Lipinski definition) is 1. The summed E-state index contributed by atoms with van der Waals surface area (Å²) in [5.41, 5.74) is -1.22. The number of alkyl halides is 1. The smallest absolute Gasteiger partial charge is 0.327 e. The minimum Gasteiger partial charge on any atom is -0.347 e. The lowest BCUT2D eigenvalue weighted by Gasteiger charge is -2.25. The van der Waals surface area contributed by atoms with Gasteiger partial charge in [0.1, 0.15) is 11.9 Å². The van der Waals surface area contributed by atoms with Crippen molar-refractivity contribution in [1.82, 2.24) is 5.32 Å². The fourth-order valence-electron chi connectivity index (χ4n) is 1.95. The molecule has 0 aromatic carbocycles. The molecule has 0 aromatic rings. The minimum atomic E-state index is -1.22. The van der Waals surface area contributed by atoms with E-state index in [2.05, 4.69) is 9.61 Å². The van der Waals surface area contributed by atoms with Crippen molar-refractivity contribution in [3.63, 3.8) is 0 Å². The molecular weight excluding hydrogens is 304 g/mol. The molecule has 18 heavy (non-hydrogen) atoms. The first-order chi connectivity index (χ1) is 8.45. The molecule has 1 rings (SSSR count). The van der Waals surface area contributed by atoms with Crippen molar-refractivity contribution in [2.45, 2.75) is 31.2 Å². The zero-order chi connectivity index (χ0) is 13.7. The molecule has 1 atom stereocenters. The summed E-state index contributed by atoms with van der Waals surface area (Å²) < 4.78 is 4.13. The molecule has 1 aliphatic rings. The highest BCUT2D eigenvalue weighted by Crippen LogP contribution is 2.30. The Kier molecular flexibility index (Phi) is 6.18. The molecule has 1 saturated carbocycles. The second kappa shape index (κ2) is 7.16. The summed E-state index contributed by atoms with van der Waals surface area (Å²) in [4.78, 5) is 33.6. The van der Waals surface area contributed by atoms with Crippen molar-refractivity contribution < 1.29 is 18.7 Å². The molecule has 0 heterocycles. The number of carbonyl (C=O) groups is 3. The maximum absolute atomic E-state index is 11.7. The number of amides is 1. The van der Waals surface area contributed by atoms with Crippen molar-refractivity contribution in [3.8, 4) is 0 Å². The molecule has 0 saturated heterocycles. The zero-order valence-corrected chi connectivity index (χ0v) is 11.6. The Hall–Kier alpha value is -0.520. The van der Waals surface area contributed by atoms with Gasteiger partial charge >= 0.3 is 5.97 Å². The van der Waals surface area contributed by atoms with Crippen LogP contribution in [0, 0.1) is 11.8 Å². The standard InChI is InChI=1S/C10H12Cl3NO4/c11-7(8(12)15)14-9(16)5-1-3-6(4-2-5)10(17)18-13/h5-7H,1-4H2,(H,14,16). The topological polar surface area (TPSA) is 72.5 Å². The fraction of sp³-hybridized carbons (Fsp3) is 0.700. The lowest BCUT2D eigenvalue weighted by atomic mass is 9.81. The van der Waals surface area contributed by atoms with Crippen LogP contribution < -0.4 is 5.32 Å². The van der Waals surface area contributed by atoms with Gasteiger partial charge in [-0.2, -0.15) is 0 Å². The highest BCUT2D eigenvalue weighted by atomic mass is 35.5. The van der Waals surface area contributed by atoms with Crippen molar-refractivity contribution in [2.24, 2.45) is 11.8 Å². The first-order valence-corrected chi connectivity index (χ1v) is 6.54. The normalized spacial score (nSPS) is 25.1. The van der Waals surface area contributed by atoms with Gasteiger partial charge in [0, 0.05) is 5.92 Å². The van der Waals surface area contributed by atoms with Crippen molar-refractivity contribution >= 4 is 52.2 Å². The maximum atomic E-state index is 11.7. The molecule has 0 bridgehead atoms. The number of hydrogen-bond acceptors (Lipinski definition) is 4. The van der Waals surface area contributed by atoms with Gasteiger partial charge in [0.2, 0.25) is 5.91 Å². The van der Waals surface area contributed by atoms with Crippen molar-refractivity contribution in [2.75, 3.05) is 0 Å². The molecule has 0 aromatic heterocycles. The van der Waals surface area contributed by atoms with E-state index in [9.17, 15) is 14.4 Å². The number of nitrogens with one attached hydrogen (secondary N) is 1. The Morgan fingerprint density at radius 3 is 2.06 bits per heavy atom. The van der Waals surface area contributed by atoms with Gasteiger partial charge in [-0.1, -0.05) is 11.6 Å². The molecule has 1 fully saturated rings. The Morgan fingerprint density at radius 2 is 1.61 bits per heavy atom. The van der Waals surface area contributed by atoms with E-state index in [4.69, 9.17) is 35.1 Å². The SMILES string of the molecule is O=C(NC(Cl)C(=O)Cl)C1CCC(C(=O)OCl)CC1. The van der Waals surface area contributed by atoms with Gasteiger partial charge < -0.3 is 9.61 Å². The fourth-order valence-corrected chi connectivity index (χ4v) is 2.24. The van der Waals surface area contributed by atoms with Crippen LogP contribution in [-0.4, -0.2) is 22.6 Å². The Bertz CT molecular complexity index is 342. The second-order valence-electron chi connectivity index (χ2n) is 4.12. The summed E-state index contributed by atoms with van der Waals surface area (Å²) >= 11 is 15.6. The van der Waals surface area contributed by atoms with E-state index in [-0.39, 0.29) is 17.7 Å². The zero-order valence-electron chi connectivity index (χ0n) is 9.33. The third-order valence-electron chi connectivity index (χ3n) is 2.98. The summed E-state index contributed by atoms with van der Waals surface area (Å²) in [6.07, 6.45) is 2.07. The molecular formula is C10H12Cl3NO4. The van der Waals surface area contributed by atoms with Crippen LogP contribution in [0.25, 0.3) is 0 Å². The molecule has 1 N–H and O–H groups in total. The van der Waals surface area contributed by atoms with E-state index in [0.29, 0.717) is 25.7 Å². The van der Waals surface area contributed by atoms with Crippen LogP contribution in [-0.2, 0) is 18.7 Å². The first kappa shape index (κ1) is 15.5. The van der Waals surface area contributed by atoms with E-state index in [1.807, 2.05) is 0 Å². The van der Waals surface area contributed by atoms with Gasteiger partial charge in [-0.3, -0.25) is 14.4 Å². The van der Waals surface area contributed by atoms with Gasteiger partial charge in [0.25, 0.3) is 5.24 Å². The van der Waals surface area contributed by atoms with E-state index >= 15 is 0 Å². The van der Waals surface area contributed by atoms with Crippen molar-refractivity contribution in [1.29, 1.82) is 0 Å². The van der Waals surface area contributed by atoms with Gasteiger partial charge in [0.15, 0.2) is 5.50 Å². The van der Waals surface area contributed by atoms with E-state index < -0.39 is 16.7 Å². The number of rotatable bonds is 4. The molecule has 8 heteroatoms. The summed E-state index contributed by atoms with van der Waals surface area (Å²) in [6.45, 7) is 0. The van der Waals surface area contributed by atoms with Crippen LogP contribution >= 0.6 is 35.1 Å². The molecule has 1 amide bonds. The van der Waals surface area contributed by atoms with Crippen LogP contribution in [0.4, 0.5) is 0 Å². The van der Waals surface area contributed by atoms with E-state index in [0.717, 1.165) is 0 Å². The monoisotopic (exact) mass is 315 g/mol. The van der Waals surface area contributed by atoms with Crippen molar-refractivity contribution in [3.05, 3.63) is 0 Å². The van der Waals surface area contributed by atoms with Crippen LogP contribution in [0.5, 0.6) is 0 Å². The molecule has 0 radical (unpaired) electrons. The Labute approximate surface area is 119 Å². The first-order valence-electron chi connectivity index (χ1n) is 5.42. The highest BCUT2D eigenvalue weighted by molar-refractivity contribution is 6.69. The van der Waals surface area contributed by atoms with Gasteiger partial charge in [-0.15, -0.1) is 0 Å². The average molecular weight is 317 g/mol. The Balaban J connectivity index is 2.41. The van der Waals surface area contributed by atoms with Crippen LogP contribution in [0.15, 0.2) is 0 Å². The summed E-state index contributed by atoms with van der Waals surface area (Å²) in [7, 11) is 0. The van der Waals surface area contributed by atoms with Crippen LogP contribution in [0.2, 0.25) is 0 Å². The quantitative estimate of drug-likeness (QED) is 0.489. The summed E-state index contributed by atoms with van der Waals surface area (Å²) in [6, 6.07) is 0. The lowest BCUT2D eigenvalue weighted by molar-refractivity contribution is -0.141. The molecule has 1 unspecified atom stereocenters. The third kappa shape index (κ3) is 4.30. The predicted molar refractivity (Wildman–Crippen MR) is 66.0 cm³/mol. The molecule has 102 valence electrons. The minimum absolute atomic E-state index is 0.270. The highest BCUT2D eigenvalue weighted by Gasteiger charge is 2.31. The van der Waals surface area contributed by atoms with E-state index in [1.165, 1.54) is 0 Å².